The average molecular weight is 104 g/mol. The summed E-state index contributed by atoms with van der Waals surface area (Å²) in [4.78, 5) is 0. The van der Waals surface area contributed by atoms with Crippen molar-refractivity contribution in [3.63, 3.8) is 0 Å². The van der Waals surface area contributed by atoms with Crippen molar-refractivity contribution >= 4 is 12.6 Å². The summed E-state index contributed by atoms with van der Waals surface area (Å²) >= 11 is 3.99. The lowest BCUT2D eigenvalue weighted by molar-refractivity contribution is 0.871. The van der Waals surface area contributed by atoms with Crippen LogP contribution in [0.5, 0.6) is 0 Å². The Morgan fingerprint density at radius 3 is 2.33 bits per heavy atom. The topological polar surface area (TPSA) is 26.0 Å². The van der Waals surface area contributed by atoms with Gasteiger partial charge in [0.25, 0.3) is 0 Å². The third kappa shape index (κ3) is 4.31. The van der Waals surface area contributed by atoms with Gasteiger partial charge < -0.3 is 5.73 Å². The number of nitrogens with two attached hydrogens (primary N) is 1. The van der Waals surface area contributed by atoms with E-state index >= 15 is 0 Å². The van der Waals surface area contributed by atoms with E-state index < -0.39 is 0 Å². The number of hydrogen-bond donors (Lipinski definition) is 2. The zero-order chi connectivity index (χ0) is 4.99. The maximum Gasteiger partial charge on any atom is 0.00291 e. The summed E-state index contributed by atoms with van der Waals surface area (Å²) in [5.41, 5.74) is 5.14. The fraction of sp³-hybridized carbons (Fsp3) is 0.750. The van der Waals surface area contributed by atoms with Gasteiger partial charge in [-0.25, -0.2) is 0 Å². The molecule has 0 aromatic carbocycles. The van der Waals surface area contributed by atoms with Crippen LogP contribution in [0.2, 0.25) is 0 Å². The zero-order valence-corrected chi connectivity index (χ0v) is 4.62. The second kappa shape index (κ2) is 3.50. The largest absolute Gasteiger partial charge is 0.330 e. The summed E-state index contributed by atoms with van der Waals surface area (Å²) in [6.07, 6.45) is 0.906. The Labute approximate surface area is 44.3 Å². The maximum absolute atomic E-state index is 5.14. The summed E-state index contributed by atoms with van der Waals surface area (Å²) in [6, 6.07) is 0. The van der Waals surface area contributed by atoms with E-state index in [1.54, 1.807) is 0 Å². The molecule has 2 N–H and O–H groups in total. The van der Waals surface area contributed by atoms with Crippen molar-refractivity contribution < 1.29 is 0 Å². The van der Waals surface area contributed by atoms with Crippen LogP contribution in [0.4, 0.5) is 0 Å². The minimum atomic E-state index is 0.218. The quantitative estimate of drug-likeness (QED) is 0.489. The first-order chi connectivity index (χ1) is 2.77. The first-order valence-corrected chi connectivity index (χ1v) is 2.50. The van der Waals surface area contributed by atoms with Crippen molar-refractivity contribution in [2.24, 2.45) is 5.73 Å². The van der Waals surface area contributed by atoms with Crippen molar-refractivity contribution in [1.82, 2.24) is 0 Å². The molecule has 0 aromatic heterocycles. The predicted molar refractivity (Wildman–Crippen MR) is 31.8 cm³/mol. The summed E-state index contributed by atoms with van der Waals surface area (Å²) < 4.78 is 0. The SMILES string of the molecule is [CH2]C(S)CCN. The number of rotatable bonds is 2. The van der Waals surface area contributed by atoms with Gasteiger partial charge in [0.15, 0.2) is 0 Å². The molecule has 0 rings (SSSR count). The van der Waals surface area contributed by atoms with Crippen LogP contribution < -0.4 is 5.73 Å². The highest BCUT2D eigenvalue weighted by atomic mass is 32.1. The average Bonchev–Trinajstić information content (AvgIpc) is 1.35. The normalized spacial score (nSPS) is 14.5. The Bertz CT molecular complexity index is 28.7. The van der Waals surface area contributed by atoms with Gasteiger partial charge in [-0.2, -0.15) is 12.6 Å². The molecular formula is C4H10NS. The molecule has 0 aliphatic rings. The van der Waals surface area contributed by atoms with Crippen LogP contribution in [-0.4, -0.2) is 11.8 Å². The van der Waals surface area contributed by atoms with Crippen LogP contribution in [0.25, 0.3) is 0 Å². The van der Waals surface area contributed by atoms with E-state index in [4.69, 9.17) is 5.73 Å². The third-order valence-electron chi connectivity index (χ3n) is 0.500. The fourth-order valence-corrected chi connectivity index (χ4v) is 0.341. The summed E-state index contributed by atoms with van der Waals surface area (Å²) in [6.45, 7) is 4.30. The van der Waals surface area contributed by atoms with Crippen molar-refractivity contribution in [3.8, 4) is 0 Å². The van der Waals surface area contributed by atoms with Crippen molar-refractivity contribution in [1.29, 1.82) is 0 Å². The molecule has 0 aromatic rings. The van der Waals surface area contributed by atoms with Crippen LogP contribution >= 0.6 is 12.6 Å². The first kappa shape index (κ1) is 6.31. The molecule has 2 heteroatoms. The predicted octanol–water partition coefficient (Wildman–Crippen LogP) is 0.468. The lowest BCUT2D eigenvalue weighted by Crippen LogP contribution is -2.04. The summed E-state index contributed by atoms with van der Waals surface area (Å²) in [5.74, 6) is 0. The van der Waals surface area contributed by atoms with Crippen molar-refractivity contribution in [2.45, 2.75) is 11.7 Å². The first-order valence-electron chi connectivity index (χ1n) is 1.98. The van der Waals surface area contributed by atoms with Crippen molar-refractivity contribution in [2.75, 3.05) is 6.54 Å². The summed E-state index contributed by atoms with van der Waals surface area (Å²) in [7, 11) is 0. The van der Waals surface area contributed by atoms with Crippen LogP contribution in [0, 0.1) is 6.92 Å². The van der Waals surface area contributed by atoms with Crippen LogP contribution in [0.1, 0.15) is 6.42 Å². The van der Waals surface area contributed by atoms with E-state index in [9.17, 15) is 0 Å². The van der Waals surface area contributed by atoms with Gasteiger partial charge in [-0.3, -0.25) is 0 Å². The minimum absolute atomic E-state index is 0.218. The smallest absolute Gasteiger partial charge is 0.00291 e. The molecule has 0 aliphatic carbocycles. The Hall–Kier alpha value is 0.310. The highest BCUT2D eigenvalue weighted by Gasteiger charge is 1.87. The van der Waals surface area contributed by atoms with E-state index in [0.717, 1.165) is 6.42 Å². The fourth-order valence-electron chi connectivity index (χ4n) is 0.192. The molecule has 0 amide bonds. The number of thiol groups is 1. The van der Waals surface area contributed by atoms with Gasteiger partial charge in [-0.15, -0.1) is 0 Å². The molecule has 0 saturated carbocycles. The van der Waals surface area contributed by atoms with Gasteiger partial charge in [0, 0.05) is 5.25 Å². The Kier molecular flexibility index (Phi) is 3.68. The second-order valence-corrected chi connectivity index (χ2v) is 1.96. The highest BCUT2D eigenvalue weighted by Crippen LogP contribution is 1.93. The summed E-state index contributed by atoms with van der Waals surface area (Å²) in [5, 5.41) is 0.218. The molecule has 1 unspecified atom stereocenters. The lowest BCUT2D eigenvalue weighted by Gasteiger charge is -1.95. The molecule has 1 atom stereocenters. The highest BCUT2D eigenvalue weighted by molar-refractivity contribution is 7.81. The molecule has 0 saturated heterocycles. The van der Waals surface area contributed by atoms with Gasteiger partial charge in [0.2, 0.25) is 0 Å². The van der Waals surface area contributed by atoms with E-state index in [1.807, 2.05) is 0 Å². The van der Waals surface area contributed by atoms with E-state index in [-0.39, 0.29) is 5.25 Å². The third-order valence-corrected chi connectivity index (χ3v) is 0.758. The van der Waals surface area contributed by atoms with Crippen LogP contribution in [0.15, 0.2) is 0 Å². The molecule has 0 aliphatic heterocycles. The lowest BCUT2D eigenvalue weighted by atomic mass is 10.3. The Balaban J connectivity index is 2.63. The molecule has 37 valence electrons. The zero-order valence-electron chi connectivity index (χ0n) is 3.72. The molecule has 1 radical (unpaired) electrons. The molecular weight excluding hydrogens is 94.1 g/mol. The second-order valence-electron chi connectivity index (χ2n) is 1.23. The van der Waals surface area contributed by atoms with Gasteiger partial charge in [-0.1, -0.05) is 0 Å². The minimum Gasteiger partial charge on any atom is -0.330 e. The molecule has 0 fully saturated rings. The Morgan fingerprint density at radius 2 is 2.33 bits per heavy atom. The van der Waals surface area contributed by atoms with Gasteiger partial charge in [-0.05, 0) is 19.9 Å². The van der Waals surface area contributed by atoms with Crippen LogP contribution in [0.3, 0.4) is 0 Å². The standard InChI is InChI=1S/C4H10NS/c1-4(6)2-3-5/h4,6H,1-3,5H2. The number of hydrogen-bond acceptors (Lipinski definition) is 2. The van der Waals surface area contributed by atoms with E-state index in [2.05, 4.69) is 19.6 Å². The van der Waals surface area contributed by atoms with Gasteiger partial charge >= 0.3 is 0 Å². The molecule has 1 nitrogen and oxygen atoms in total. The van der Waals surface area contributed by atoms with Crippen LogP contribution in [-0.2, 0) is 0 Å². The van der Waals surface area contributed by atoms with Gasteiger partial charge in [0.1, 0.15) is 0 Å². The monoisotopic (exact) mass is 104 g/mol. The van der Waals surface area contributed by atoms with Crippen molar-refractivity contribution in [3.05, 3.63) is 6.92 Å². The molecule has 0 bridgehead atoms. The maximum atomic E-state index is 5.14. The molecule has 6 heavy (non-hydrogen) atoms. The van der Waals surface area contributed by atoms with Gasteiger partial charge in [0.05, 0.1) is 0 Å². The Morgan fingerprint density at radius 1 is 1.83 bits per heavy atom. The molecule has 0 spiro atoms. The van der Waals surface area contributed by atoms with E-state index in [0.29, 0.717) is 6.54 Å². The van der Waals surface area contributed by atoms with E-state index in [1.165, 1.54) is 0 Å². The molecule has 0 heterocycles.